The molecule has 0 aliphatic rings. The predicted molar refractivity (Wildman–Crippen MR) is 61.7 cm³/mol. The van der Waals surface area contributed by atoms with E-state index >= 15 is 0 Å². The molecule has 15 heavy (non-hydrogen) atoms. The quantitative estimate of drug-likeness (QED) is 0.742. The molecular weight excluding hydrogens is 188 g/mol. The van der Waals surface area contributed by atoms with Crippen molar-refractivity contribution >= 4 is 0 Å². The summed E-state index contributed by atoms with van der Waals surface area (Å²) in [5, 5.41) is 12.5. The molecule has 0 saturated carbocycles. The topological polar surface area (TPSA) is 45.1 Å². The van der Waals surface area contributed by atoms with Gasteiger partial charge in [0.15, 0.2) is 0 Å². The molecule has 0 aliphatic carbocycles. The molecule has 0 amide bonds. The number of aliphatic hydroxyl groups excluding tert-OH is 1. The van der Waals surface area contributed by atoms with Gasteiger partial charge in [-0.3, -0.25) is 4.98 Å². The van der Waals surface area contributed by atoms with Gasteiger partial charge in [0.2, 0.25) is 0 Å². The van der Waals surface area contributed by atoms with E-state index in [4.69, 9.17) is 5.11 Å². The first-order chi connectivity index (χ1) is 7.26. The van der Waals surface area contributed by atoms with E-state index in [1.54, 1.807) is 0 Å². The Kier molecular flexibility index (Phi) is 5.29. The first-order valence-electron chi connectivity index (χ1n) is 5.52. The summed E-state index contributed by atoms with van der Waals surface area (Å²) in [6.45, 7) is 4.42. The van der Waals surface area contributed by atoms with Gasteiger partial charge in [0.05, 0.1) is 6.61 Å². The van der Waals surface area contributed by atoms with Gasteiger partial charge in [0.25, 0.3) is 0 Å². The number of nitrogens with zero attached hydrogens (tertiary/aromatic N) is 1. The summed E-state index contributed by atoms with van der Waals surface area (Å²) in [5.74, 6) is 0. The van der Waals surface area contributed by atoms with Crippen molar-refractivity contribution in [1.29, 1.82) is 0 Å². The summed E-state index contributed by atoms with van der Waals surface area (Å²) in [5.41, 5.74) is 1.28. The van der Waals surface area contributed by atoms with Crippen molar-refractivity contribution < 1.29 is 5.11 Å². The molecule has 1 unspecified atom stereocenters. The maximum absolute atomic E-state index is 9.07. The normalized spacial score (nSPS) is 14.9. The van der Waals surface area contributed by atoms with Crippen LogP contribution in [0.15, 0.2) is 24.5 Å². The van der Waals surface area contributed by atoms with Crippen LogP contribution < -0.4 is 5.32 Å². The van der Waals surface area contributed by atoms with E-state index in [9.17, 15) is 0 Å². The Hall–Kier alpha value is -0.930. The molecule has 0 aromatic carbocycles. The molecule has 1 aromatic heterocycles. The number of nitrogens with one attached hydrogen (secondary N) is 1. The minimum Gasteiger partial charge on any atom is -0.395 e. The Morgan fingerprint density at radius 1 is 1.40 bits per heavy atom. The molecule has 0 fully saturated rings. The lowest BCUT2D eigenvalue weighted by Crippen LogP contribution is -2.39. The van der Waals surface area contributed by atoms with Crippen LogP contribution >= 0.6 is 0 Å². The van der Waals surface area contributed by atoms with E-state index in [0.717, 1.165) is 12.8 Å². The molecule has 3 heteroatoms. The van der Waals surface area contributed by atoms with Gasteiger partial charge in [-0.15, -0.1) is 0 Å². The van der Waals surface area contributed by atoms with E-state index in [1.165, 1.54) is 5.56 Å². The van der Waals surface area contributed by atoms with Gasteiger partial charge in [-0.05, 0) is 37.5 Å². The average molecular weight is 208 g/mol. The fourth-order valence-corrected chi connectivity index (χ4v) is 1.63. The summed E-state index contributed by atoms with van der Waals surface area (Å²) in [7, 11) is 0. The molecule has 0 saturated heterocycles. The number of pyridine rings is 1. The Morgan fingerprint density at radius 3 is 2.60 bits per heavy atom. The fourth-order valence-electron chi connectivity index (χ4n) is 1.63. The van der Waals surface area contributed by atoms with Gasteiger partial charge >= 0.3 is 0 Å². The molecule has 84 valence electrons. The molecular formula is C12H20N2O. The van der Waals surface area contributed by atoms with Crippen molar-refractivity contribution in [2.24, 2.45) is 0 Å². The van der Waals surface area contributed by atoms with Gasteiger partial charge in [-0.1, -0.05) is 6.92 Å². The second-order valence-corrected chi connectivity index (χ2v) is 3.92. The number of hydrogen-bond donors (Lipinski definition) is 2. The lowest BCUT2D eigenvalue weighted by Gasteiger charge is -2.20. The van der Waals surface area contributed by atoms with Crippen LogP contribution in [0, 0.1) is 0 Å². The van der Waals surface area contributed by atoms with Gasteiger partial charge in [0, 0.05) is 24.5 Å². The second kappa shape index (κ2) is 6.53. The highest BCUT2D eigenvalue weighted by atomic mass is 16.3. The first-order valence-corrected chi connectivity index (χ1v) is 5.52. The highest BCUT2D eigenvalue weighted by Crippen LogP contribution is 2.02. The molecule has 1 aromatic rings. The molecule has 0 spiro atoms. The molecule has 1 rings (SSSR count). The molecule has 2 atom stereocenters. The van der Waals surface area contributed by atoms with Crippen molar-refractivity contribution in [2.45, 2.75) is 38.8 Å². The van der Waals surface area contributed by atoms with Crippen LogP contribution in [-0.4, -0.2) is 28.8 Å². The van der Waals surface area contributed by atoms with Crippen molar-refractivity contribution in [3.05, 3.63) is 30.1 Å². The second-order valence-electron chi connectivity index (χ2n) is 3.92. The van der Waals surface area contributed by atoms with Gasteiger partial charge < -0.3 is 10.4 Å². The van der Waals surface area contributed by atoms with E-state index < -0.39 is 0 Å². The van der Waals surface area contributed by atoms with Crippen molar-refractivity contribution in [1.82, 2.24) is 10.3 Å². The SMILES string of the molecule is CC[C@H](CO)NC(C)Cc1ccncc1. The highest BCUT2D eigenvalue weighted by Gasteiger charge is 2.09. The summed E-state index contributed by atoms with van der Waals surface area (Å²) < 4.78 is 0. The third-order valence-corrected chi connectivity index (χ3v) is 2.52. The minimum atomic E-state index is 0.206. The van der Waals surface area contributed by atoms with Crippen molar-refractivity contribution in [2.75, 3.05) is 6.61 Å². The van der Waals surface area contributed by atoms with Gasteiger partial charge in [0.1, 0.15) is 0 Å². The number of aromatic nitrogens is 1. The highest BCUT2D eigenvalue weighted by molar-refractivity contribution is 5.11. The number of rotatable bonds is 6. The zero-order valence-corrected chi connectivity index (χ0v) is 9.48. The van der Waals surface area contributed by atoms with E-state index in [-0.39, 0.29) is 12.6 Å². The monoisotopic (exact) mass is 208 g/mol. The van der Waals surface area contributed by atoms with E-state index in [0.29, 0.717) is 6.04 Å². The van der Waals surface area contributed by atoms with Crippen molar-refractivity contribution in [3.63, 3.8) is 0 Å². The van der Waals surface area contributed by atoms with Crippen LogP contribution in [0.4, 0.5) is 0 Å². The summed E-state index contributed by atoms with van der Waals surface area (Å²) in [6, 6.07) is 4.64. The lowest BCUT2D eigenvalue weighted by molar-refractivity contribution is 0.229. The third-order valence-electron chi connectivity index (χ3n) is 2.52. The van der Waals surface area contributed by atoms with Gasteiger partial charge in [-0.25, -0.2) is 0 Å². The molecule has 0 radical (unpaired) electrons. The minimum absolute atomic E-state index is 0.206. The van der Waals surface area contributed by atoms with Crippen molar-refractivity contribution in [3.8, 4) is 0 Å². The van der Waals surface area contributed by atoms with Crippen LogP contribution in [-0.2, 0) is 6.42 Å². The number of aliphatic hydroxyl groups is 1. The predicted octanol–water partition coefficient (Wildman–Crippen LogP) is 1.37. The number of hydrogen-bond acceptors (Lipinski definition) is 3. The van der Waals surface area contributed by atoms with Crippen LogP contribution in [0.3, 0.4) is 0 Å². The maximum Gasteiger partial charge on any atom is 0.0584 e. The van der Waals surface area contributed by atoms with Gasteiger partial charge in [-0.2, -0.15) is 0 Å². The third kappa shape index (κ3) is 4.40. The Labute approximate surface area is 91.5 Å². The largest absolute Gasteiger partial charge is 0.395 e. The smallest absolute Gasteiger partial charge is 0.0584 e. The van der Waals surface area contributed by atoms with E-state index in [1.807, 2.05) is 24.5 Å². The fraction of sp³-hybridized carbons (Fsp3) is 0.583. The zero-order chi connectivity index (χ0) is 11.1. The first kappa shape index (κ1) is 12.1. The molecule has 3 nitrogen and oxygen atoms in total. The summed E-state index contributed by atoms with van der Waals surface area (Å²) in [6.07, 6.45) is 5.55. The lowest BCUT2D eigenvalue weighted by atomic mass is 10.1. The Morgan fingerprint density at radius 2 is 2.07 bits per heavy atom. The molecule has 0 aliphatic heterocycles. The van der Waals surface area contributed by atoms with Crippen LogP contribution in [0.1, 0.15) is 25.8 Å². The van der Waals surface area contributed by atoms with Crippen LogP contribution in [0.5, 0.6) is 0 Å². The summed E-state index contributed by atoms with van der Waals surface area (Å²) in [4.78, 5) is 3.99. The standard InChI is InChI=1S/C12H20N2O/c1-3-12(9-15)14-10(2)8-11-4-6-13-7-5-11/h4-7,10,12,14-15H,3,8-9H2,1-2H3/t10?,12-/m1/s1. The van der Waals surface area contributed by atoms with E-state index in [2.05, 4.69) is 24.1 Å². The molecule has 1 heterocycles. The Bertz CT molecular complexity index is 260. The average Bonchev–Trinajstić information content (AvgIpc) is 2.27. The Balaban J connectivity index is 2.39. The summed E-state index contributed by atoms with van der Waals surface area (Å²) >= 11 is 0. The maximum atomic E-state index is 9.07. The molecule has 0 bridgehead atoms. The molecule has 2 N–H and O–H groups in total. The van der Waals surface area contributed by atoms with Crippen LogP contribution in [0.2, 0.25) is 0 Å². The van der Waals surface area contributed by atoms with Crippen LogP contribution in [0.25, 0.3) is 0 Å². The zero-order valence-electron chi connectivity index (χ0n) is 9.48.